The monoisotopic (exact) mass is 503 g/mol. The Morgan fingerprint density at radius 3 is 2.62 bits per heavy atom. The first-order valence-electron chi connectivity index (χ1n) is 12.4. The Morgan fingerprint density at radius 2 is 1.97 bits per heavy atom. The van der Waals surface area contributed by atoms with Crippen LogP contribution in [0.2, 0.25) is 0 Å². The van der Waals surface area contributed by atoms with Crippen molar-refractivity contribution in [2.45, 2.75) is 45.2 Å². The third kappa shape index (κ3) is 5.32. The van der Waals surface area contributed by atoms with Crippen LogP contribution in [0.15, 0.2) is 55.0 Å². The van der Waals surface area contributed by atoms with Gasteiger partial charge in [-0.25, -0.2) is 9.78 Å². The predicted molar refractivity (Wildman–Crippen MR) is 140 cm³/mol. The van der Waals surface area contributed by atoms with E-state index in [1.807, 2.05) is 25.1 Å². The molecule has 4 rings (SSSR count). The molecular weight excluding hydrogens is 470 g/mol. The van der Waals surface area contributed by atoms with Crippen molar-refractivity contribution in [2.75, 3.05) is 17.7 Å². The topological polar surface area (TPSA) is 126 Å². The third-order valence-electron chi connectivity index (χ3n) is 6.86. The van der Waals surface area contributed by atoms with Gasteiger partial charge in [-0.3, -0.25) is 19.2 Å². The number of urea groups is 1. The van der Waals surface area contributed by atoms with Crippen LogP contribution in [-0.4, -0.2) is 50.6 Å². The van der Waals surface area contributed by atoms with Gasteiger partial charge in [0.1, 0.15) is 11.9 Å². The van der Waals surface area contributed by atoms with Crippen LogP contribution in [0.1, 0.15) is 43.0 Å². The van der Waals surface area contributed by atoms with Crippen LogP contribution in [0.4, 0.5) is 16.3 Å². The van der Waals surface area contributed by atoms with Gasteiger partial charge in [-0.1, -0.05) is 38.1 Å². The van der Waals surface area contributed by atoms with Gasteiger partial charge in [0.2, 0.25) is 5.91 Å². The summed E-state index contributed by atoms with van der Waals surface area (Å²) < 4.78 is 1.59. The Morgan fingerprint density at radius 1 is 1.19 bits per heavy atom. The van der Waals surface area contributed by atoms with Gasteiger partial charge in [0.25, 0.3) is 5.91 Å². The molecule has 2 aromatic heterocycles. The first kappa shape index (κ1) is 25.9. The number of carbonyl (C=O) groups excluding carboxylic acids is 3. The summed E-state index contributed by atoms with van der Waals surface area (Å²) in [6, 6.07) is 9.61. The highest BCUT2D eigenvalue weighted by Crippen LogP contribution is 2.33. The average molecular weight is 504 g/mol. The van der Waals surface area contributed by atoms with Crippen LogP contribution in [0, 0.1) is 5.92 Å². The quantitative estimate of drug-likeness (QED) is 0.455. The Labute approximate surface area is 216 Å². The van der Waals surface area contributed by atoms with Gasteiger partial charge in [-0.2, -0.15) is 5.10 Å². The number of amides is 4. The number of likely N-dealkylation sites (tertiary alicyclic amines) is 1. The van der Waals surface area contributed by atoms with E-state index < -0.39 is 23.9 Å². The molecule has 1 aliphatic heterocycles. The van der Waals surface area contributed by atoms with Crippen molar-refractivity contribution in [3.63, 3.8) is 0 Å². The molecule has 0 saturated carbocycles. The molecule has 37 heavy (non-hydrogen) atoms. The SMILES string of the molecule is CCc1cccc([C@@H](CC)NC(=O)N2C(=O)[C@H](Cc3ccnc(N)c3)[C@H]2C(=O)N(C)c2cnn(C)c2)c1. The fraction of sp³-hybridized carbons (Fsp3) is 0.370. The highest BCUT2D eigenvalue weighted by atomic mass is 16.2. The van der Waals surface area contributed by atoms with E-state index in [2.05, 4.69) is 28.4 Å². The number of likely N-dealkylation sites (N-methyl/N-ethyl adjacent to an activating group) is 1. The molecular formula is C27H33N7O3. The van der Waals surface area contributed by atoms with Gasteiger partial charge in [-0.15, -0.1) is 0 Å². The maximum atomic E-state index is 13.6. The number of pyridine rings is 1. The molecule has 3 N–H and O–H groups in total. The van der Waals surface area contributed by atoms with Crippen molar-refractivity contribution >= 4 is 29.4 Å². The van der Waals surface area contributed by atoms with Gasteiger partial charge in [0.05, 0.1) is 23.8 Å². The molecule has 3 atom stereocenters. The van der Waals surface area contributed by atoms with Gasteiger partial charge in [0.15, 0.2) is 0 Å². The predicted octanol–water partition coefficient (Wildman–Crippen LogP) is 2.85. The van der Waals surface area contributed by atoms with Crippen molar-refractivity contribution in [1.82, 2.24) is 25.0 Å². The number of hydrogen-bond acceptors (Lipinski definition) is 6. The van der Waals surface area contributed by atoms with Crippen molar-refractivity contribution in [3.05, 3.63) is 71.7 Å². The summed E-state index contributed by atoms with van der Waals surface area (Å²) in [5.74, 6) is -1.14. The zero-order chi connectivity index (χ0) is 26.7. The summed E-state index contributed by atoms with van der Waals surface area (Å²) in [6.45, 7) is 4.04. The van der Waals surface area contributed by atoms with Gasteiger partial charge < -0.3 is 16.0 Å². The number of carbonyl (C=O) groups is 3. The van der Waals surface area contributed by atoms with Crippen molar-refractivity contribution < 1.29 is 14.4 Å². The lowest BCUT2D eigenvalue weighted by Crippen LogP contribution is -2.70. The number of nitrogens with two attached hydrogens (primary N) is 1. The van der Waals surface area contributed by atoms with E-state index in [0.29, 0.717) is 17.9 Å². The zero-order valence-corrected chi connectivity index (χ0v) is 21.6. The number of nitrogens with zero attached hydrogens (tertiary/aromatic N) is 5. The molecule has 10 nitrogen and oxygen atoms in total. The van der Waals surface area contributed by atoms with Crippen molar-refractivity contribution in [3.8, 4) is 0 Å². The first-order chi connectivity index (χ1) is 17.7. The normalized spacial score (nSPS) is 17.7. The molecule has 194 valence electrons. The molecule has 0 spiro atoms. The first-order valence-corrected chi connectivity index (χ1v) is 12.4. The third-order valence-corrected chi connectivity index (χ3v) is 6.86. The maximum absolute atomic E-state index is 13.6. The lowest BCUT2D eigenvalue weighted by atomic mass is 9.81. The number of aromatic nitrogens is 3. The molecule has 1 saturated heterocycles. The highest BCUT2D eigenvalue weighted by molar-refractivity contribution is 6.12. The summed E-state index contributed by atoms with van der Waals surface area (Å²) in [7, 11) is 3.37. The number of β-lactam (4-membered cyclic amide) rings is 1. The minimum Gasteiger partial charge on any atom is -0.384 e. The Balaban J connectivity index is 1.59. The molecule has 3 heterocycles. The molecule has 0 aliphatic carbocycles. The number of rotatable bonds is 8. The Bertz CT molecular complexity index is 1300. The molecule has 1 aromatic carbocycles. The fourth-order valence-corrected chi connectivity index (χ4v) is 4.71. The van der Waals surface area contributed by atoms with Crippen molar-refractivity contribution in [1.29, 1.82) is 0 Å². The van der Waals surface area contributed by atoms with E-state index >= 15 is 0 Å². The number of nitrogen functional groups attached to an aromatic ring is 1. The molecule has 1 fully saturated rings. The molecule has 4 amide bonds. The maximum Gasteiger partial charge on any atom is 0.325 e. The van der Waals surface area contributed by atoms with Crippen LogP contribution in [-0.2, 0) is 29.5 Å². The lowest BCUT2D eigenvalue weighted by molar-refractivity contribution is -0.156. The van der Waals surface area contributed by atoms with Gasteiger partial charge in [-0.05, 0) is 48.1 Å². The summed E-state index contributed by atoms with van der Waals surface area (Å²) in [6.07, 6.45) is 6.61. The standard InChI is InChI=1S/C27H33N7O3/c1-5-17-8-7-9-19(12-17)22(6-2)31-27(37)34-24(26(36)33(4)20-15-30-32(3)16-20)21(25(34)35)13-18-10-11-29-23(28)14-18/h7-12,14-16,21-22,24H,5-6,13H2,1-4H3,(H2,28,29)(H,31,37)/t21-,22-,24+/m1/s1. The van der Waals surface area contributed by atoms with Crippen LogP contribution in [0.5, 0.6) is 0 Å². The molecule has 3 aromatic rings. The molecule has 0 bridgehead atoms. The van der Waals surface area contributed by atoms with Crippen molar-refractivity contribution in [2.24, 2.45) is 13.0 Å². The van der Waals surface area contributed by atoms with E-state index in [1.54, 1.807) is 49.5 Å². The summed E-state index contributed by atoms with van der Waals surface area (Å²) >= 11 is 0. The minimum absolute atomic E-state index is 0.266. The molecule has 0 unspecified atom stereocenters. The number of aryl methyl sites for hydroxylation is 2. The second-order valence-electron chi connectivity index (χ2n) is 9.33. The van der Waals surface area contributed by atoms with Crippen LogP contribution in [0.3, 0.4) is 0 Å². The second kappa shape index (κ2) is 10.8. The zero-order valence-electron chi connectivity index (χ0n) is 21.6. The number of imide groups is 1. The Hall–Kier alpha value is -4.21. The summed E-state index contributed by atoms with van der Waals surface area (Å²) in [4.78, 5) is 46.9. The summed E-state index contributed by atoms with van der Waals surface area (Å²) in [5.41, 5.74) is 9.28. The van der Waals surface area contributed by atoms with Gasteiger partial charge in [0, 0.05) is 26.5 Å². The fourth-order valence-electron chi connectivity index (χ4n) is 4.71. The van der Waals surface area contributed by atoms with Gasteiger partial charge >= 0.3 is 6.03 Å². The van der Waals surface area contributed by atoms with E-state index in [4.69, 9.17) is 5.73 Å². The highest BCUT2D eigenvalue weighted by Gasteiger charge is 2.55. The summed E-state index contributed by atoms with van der Waals surface area (Å²) in [5, 5.41) is 7.11. The molecule has 0 radical (unpaired) electrons. The van der Waals surface area contributed by atoms with Crippen LogP contribution < -0.4 is 16.0 Å². The number of hydrogen-bond donors (Lipinski definition) is 2. The van der Waals surface area contributed by atoms with E-state index in [0.717, 1.165) is 28.0 Å². The number of nitrogens with one attached hydrogen (secondary N) is 1. The second-order valence-corrected chi connectivity index (χ2v) is 9.33. The van der Waals surface area contributed by atoms with E-state index in [1.165, 1.54) is 4.90 Å². The Kier molecular flexibility index (Phi) is 7.56. The number of anilines is 2. The molecule has 10 heteroatoms. The van der Waals surface area contributed by atoms with Crippen LogP contribution in [0.25, 0.3) is 0 Å². The number of benzene rings is 1. The van der Waals surface area contributed by atoms with E-state index in [-0.39, 0.29) is 18.4 Å². The van der Waals surface area contributed by atoms with E-state index in [9.17, 15) is 14.4 Å². The minimum atomic E-state index is -0.966. The van der Waals surface area contributed by atoms with Crippen LogP contribution >= 0.6 is 0 Å². The average Bonchev–Trinajstić information content (AvgIpc) is 3.34. The molecule has 1 aliphatic rings. The largest absolute Gasteiger partial charge is 0.384 e. The lowest BCUT2D eigenvalue weighted by Gasteiger charge is -2.46. The smallest absolute Gasteiger partial charge is 0.325 e.